The SMILES string of the molecule is CCCCC(=O)OC1C(O)C(n2ccc(N)nc2=O)OC1(CO)N=[N+]=[N-]. The molecule has 0 amide bonds. The van der Waals surface area contributed by atoms with E-state index in [1.165, 1.54) is 12.3 Å². The molecule has 142 valence electrons. The molecule has 1 aromatic heterocycles. The number of anilines is 1. The largest absolute Gasteiger partial charge is 0.456 e. The molecule has 4 N–H and O–H groups in total. The maximum atomic E-state index is 12.0. The first-order chi connectivity index (χ1) is 12.4. The van der Waals surface area contributed by atoms with Crippen LogP contribution in [0.2, 0.25) is 0 Å². The van der Waals surface area contributed by atoms with Gasteiger partial charge in [0, 0.05) is 17.5 Å². The molecular weight excluding hydrogens is 348 g/mol. The summed E-state index contributed by atoms with van der Waals surface area (Å²) in [5.41, 5.74) is 11.3. The van der Waals surface area contributed by atoms with E-state index in [2.05, 4.69) is 15.0 Å². The van der Waals surface area contributed by atoms with Crippen LogP contribution in [0.3, 0.4) is 0 Å². The predicted octanol–water partition coefficient (Wildman–Crippen LogP) is -0.184. The Bertz CT molecular complexity index is 763. The number of carbonyl (C=O) groups is 1. The molecule has 1 aliphatic heterocycles. The zero-order valence-electron chi connectivity index (χ0n) is 14.1. The minimum absolute atomic E-state index is 0.0373. The van der Waals surface area contributed by atoms with Gasteiger partial charge < -0.3 is 25.4 Å². The molecule has 0 aromatic carbocycles. The number of aliphatic hydroxyl groups is 2. The molecule has 2 heterocycles. The maximum Gasteiger partial charge on any atom is 0.351 e. The van der Waals surface area contributed by atoms with Crippen LogP contribution in [0.4, 0.5) is 5.82 Å². The van der Waals surface area contributed by atoms with E-state index >= 15 is 0 Å². The van der Waals surface area contributed by atoms with E-state index in [1.807, 2.05) is 6.92 Å². The maximum absolute atomic E-state index is 12.0. The van der Waals surface area contributed by atoms with Crippen LogP contribution in [-0.4, -0.2) is 50.3 Å². The van der Waals surface area contributed by atoms with Gasteiger partial charge in [0.05, 0.1) is 6.61 Å². The van der Waals surface area contributed by atoms with Crippen LogP contribution >= 0.6 is 0 Å². The van der Waals surface area contributed by atoms with Crippen LogP contribution in [0.5, 0.6) is 0 Å². The van der Waals surface area contributed by atoms with E-state index < -0.39 is 42.4 Å². The Balaban J connectivity index is 2.38. The quantitative estimate of drug-likeness (QED) is 0.256. The minimum atomic E-state index is -2.08. The monoisotopic (exact) mass is 368 g/mol. The van der Waals surface area contributed by atoms with Gasteiger partial charge >= 0.3 is 11.7 Å². The van der Waals surface area contributed by atoms with Crippen molar-refractivity contribution in [2.45, 2.75) is 50.3 Å². The third-order valence-corrected chi connectivity index (χ3v) is 3.93. The Kier molecular flexibility index (Phi) is 6.16. The predicted molar refractivity (Wildman–Crippen MR) is 87.4 cm³/mol. The van der Waals surface area contributed by atoms with Crippen molar-refractivity contribution in [3.05, 3.63) is 33.2 Å². The fraction of sp³-hybridized carbons (Fsp3) is 0.643. The number of nitrogens with two attached hydrogens (primary N) is 1. The molecule has 0 bridgehead atoms. The number of nitrogens with zero attached hydrogens (tertiary/aromatic N) is 5. The van der Waals surface area contributed by atoms with Gasteiger partial charge in [-0.25, -0.2) is 4.79 Å². The summed E-state index contributed by atoms with van der Waals surface area (Å²) in [6, 6.07) is 1.30. The first kappa shape index (κ1) is 19.7. The van der Waals surface area contributed by atoms with Gasteiger partial charge in [0.2, 0.25) is 5.72 Å². The fourth-order valence-electron chi connectivity index (χ4n) is 2.60. The molecule has 2 rings (SSSR count). The number of esters is 1. The van der Waals surface area contributed by atoms with Crippen molar-refractivity contribution < 1.29 is 24.5 Å². The highest BCUT2D eigenvalue weighted by Gasteiger charge is 2.57. The average molecular weight is 368 g/mol. The van der Waals surface area contributed by atoms with Crippen LogP contribution in [0.1, 0.15) is 32.4 Å². The molecule has 4 unspecified atom stereocenters. The van der Waals surface area contributed by atoms with Gasteiger partial charge in [0.1, 0.15) is 11.9 Å². The summed E-state index contributed by atoms with van der Waals surface area (Å²) >= 11 is 0. The Labute approximate surface area is 147 Å². The van der Waals surface area contributed by atoms with Crippen molar-refractivity contribution in [3.8, 4) is 0 Å². The summed E-state index contributed by atoms with van der Waals surface area (Å²) in [5, 5.41) is 23.6. The molecule has 0 radical (unpaired) electrons. The van der Waals surface area contributed by atoms with Crippen molar-refractivity contribution in [3.63, 3.8) is 0 Å². The number of aliphatic hydroxyl groups excluding tert-OH is 2. The first-order valence-electron chi connectivity index (χ1n) is 7.95. The Hall–Kier alpha value is -2.66. The molecule has 1 saturated heterocycles. The molecular formula is C14H20N6O6. The summed E-state index contributed by atoms with van der Waals surface area (Å²) in [5.74, 6) is -0.696. The third kappa shape index (κ3) is 3.78. The highest BCUT2D eigenvalue weighted by molar-refractivity contribution is 5.69. The standard InChI is InChI=1S/C14H20N6O6/c1-2-3-4-9(22)25-11-10(23)12(26-14(11,7-21)18-19-16)20-6-5-8(15)17-13(20)24/h5-6,10-12,21,23H,2-4,7H2,1H3,(H2,15,17,24). The summed E-state index contributed by atoms with van der Waals surface area (Å²) in [7, 11) is 0. The topological polar surface area (TPSA) is 186 Å². The normalized spacial score (nSPS) is 27.7. The molecule has 1 aromatic rings. The zero-order valence-corrected chi connectivity index (χ0v) is 14.1. The van der Waals surface area contributed by atoms with E-state index in [1.54, 1.807) is 0 Å². The Morgan fingerprint density at radius 1 is 1.65 bits per heavy atom. The fourth-order valence-corrected chi connectivity index (χ4v) is 2.60. The van der Waals surface area contributed by atoms with Gasteiger partial charge in [0.25, 0.3) is 0 Å². The molecule has 4 atom stereocenters. The Morgan fingerprint density at radius 3 is 2.96 bits per heavy atom. The van der Waals surface area contributed by atoms with Crippen molar-refractivity contribution in [1.29, 1.82) is 0 Å². The van der Waals surface area contributed by atoms with Crippen LogP contribution < -0.4 is 11.4 Å². The molecule has 0 saturated carbocycles. The lowest BCUT2D eigenvalue weighted by Crippen LogP contribution is -2.47. The van der Waals surface area contributed by atoms with Gasteiger partial charge in [-0.2, -0.15) is 4.98 Å². The number of ether oxygens (including phenoxy) is 2. The van der Waals surface area contributed by atoms with Gasteiger partial charge in [-0.15, -0.1) is 0 Å². The average Bonchev–Trinajstić information content (AvgIpc) is 2.87. The molecule has 12 nitrogen and oxygen atoms in total. The number of rotatable bonds is 7. The first-order valence-corrected chi connectivity index (χ1v) is 7.95. The molecule has 0 spiro atoms. The smallest absolute Gasteiger partial charge is 0.351 e. The van der Waals surface area contributed by atoms with Crippen LogP contribution in [0.15, 0.2) is 22.2 Å². The van der Waals surface area contributed by atoms with Crippen LogP contribution in [0, 0.1) is 0 Å². The van der Waals surface area contributed by atoms with Gasteiger partial charge in [-0.1, -0.05) is 18.5 Å². The highest BCUT2D eigenvalue weighted by Crippen LogP contribution is 2.39. The van der Waals surface area contributed by atoms with Gasteiger partial charge in [-0.3, -0.25) is 9.36 Å². The van der Waals surface area contributed by atoms with E-state index in [9.17, 15) is 19.8 Å². The summed E-state index contributed by atoms with van der Waals surface area (Å²) in [4.78, 5) is 30.1. The number of hydrogen-bond donors (Lipinski definition) is 3. The summed E-state index contributed by atoms with van der Waals surface area (Å²) in [6.45, 7) is 1.00. The zero-order chi connectivity index (χ0) is 19.3. The number of azide groups is 1. The molecule has 1 aliphatic rings. The highest BCUT2D eigenvalue weighted by atomic mass is 16.6. The van der Waals surface area contributed by atoms with Crippen molar-refractivity contribution in [1.82, 2.24) is 9.55 Å². The van der Waals surface area contributed by atoms with Gasteiger partial charge in [-0.05, 0) is 18.0 Å². The second kappa shape index (κ2) is 8.15. The van der Waals surface area contributed by atoms with Crippen molar-refractivity contribution in [2.75, 3.05) is 12.3 Å². The molecule has 12 heteroatoms. The van der Waals surface area contributed by atoms with Crippen molar-refractivity contribution in [2.24, 2.45) is 5.11 Å². The van der Waals surface area contributed by atoms with E-state index in [0.29, 0.717) is 6.42 Å². The number of aromatic nitrogens is 2. The second-order valence-corrected chi connectivity index (χ2v) is 5.75. The van der Waals surface area contributed by atoms with Crippen molar-refractivity contribution >= 4 is 11.8 Å². The van der Waals surface area contributed by atoms with E-state index in [4.69, 9.17) is 20.7 Å². The molecule has 1 fully saturated rings. The number of carbonyl (C=O) groups excluding carboxylic acids is 1. The number of unbranched alkanes of at least 4 members (excludes halogenated alkanes) is 1. The molecule has 0 aliphatic carbocycles. The molecule has 26 heavy (non-hydrogen) atoms. The minimum Gasteiger partial charge on any atom is -0.456 e. The lowest BCUT2D eigenvalue weighted by molar-refractivity contribution is -0.168. The second-order valence-electron chi connectivity index (χ2n) is 5.75. The lowest BCUT2D eigenvalue weighted by atomic mass is 10.1. The lowest BCUT2D eigenvalue weighted by Gasteiger charge is -2.27. The number of nitrogen functional groups attached to an aromatic ring is 1. The summed E-state index contributed by atoms with van der Waals surface area (Å²) < 4.78 is 11.6. The third-order valence-electron chi connectivity index (χ3n) is 3.93. The van der Waals surface area contributed by atoms with Crippen LogP contribution in [0.25, 0.3) is 10.4 Å². The van der Waals surface area contributed by atoms with Gasteiger partial charge in [0.15, 0.2) is 12.3 Å². The Morgan fingerprint density at radius 2 is 2.38 bits per heavy atom. The van der Waals surface area contributed by atoms with E-state index in [0.717, 1.165) is 11.0 Å². The number of hydrogen-bond acceptors (Lipinski definition) is 9. The van der Waals surface area contributed by atoms with Crippen LogP contribution in [-0.2, 0) is 14.3 Å². The van der Waals surface area contributed by atoms with E-state index in [-0.39, 0.29) is 12.2 Å². The summed E-state index contributed by atoms with van der Waals surface area (Å²) in [6.07, 6.45) is -1.92.